The number of amides is 2. The van der Waals surface area contributed by atoms with E-state index >= 15 is 0 Å². The zero-order valence-electron chi connectivity index (χ0n) is 18.5. The number of hydrogen-bond donors (Lipinski definition) is 2. The molecule has 2 rings (SSSR count). The van der Waals surface area contributed by atoms with Crippen LogP contribution in [0, 0.1) is 11.8 Å². The van der Waals surface area contributed by atoms with Crippen molar-refractivity contribution in [3.8, 4) is 11.5 Å². The highest BCUT2D eigenvalue weighted by atomic mass is 79.9. The fourth-order valence-corrected chi connectivity index (χ4v) is 2.94. The monoisotopic (exact) mass is 490 g/mol. The second-order valence-corrected chi connectivity index (χ2v) is 9.05. The van der Waals surface area contributed by atoms with Gasteiger partial charge in [0.15, 0.2) is 0 Å². The summed E-state index contributed by atoms with van der Waals surface area (Å²) in [7, 11) is 0. The first-order chi connectivity index (χ1) is 14.8. The van der Waals surface area contributed by atoms with Gasteiger partial charge in [0.05, 0.1) is 18.8 Å². The second-order valence-electron chi connectivity index (χ2n) is 8.14. The topological polar surface area (TPSA) is 76.7 Å². The lowest BCUT2D eigenvalue weighted by Gasteiger charge is -2.14. The third-order valence-corrected chi connectivity index (χ3v) is 5.00. The number of carbonyl (C=O) groups is 2. The van der Waals surface area contributed by atoms with Crippen molar-refractivity contribution >= 4 is 27.7 Å². The average Bonchev–Trinajstić information content (AvgIpc) is 2.72. The first-order valence-electron chi connectivity index (χ1n) is 10.5. The molecule has 0 spiro atoms. The van der Waals surface area contributed by atoms with E-state index in [2.05, 4.69) is 54.5 Å². The van der Waals surface area contributed by atoms with Crippen LogP contribution >= 0.6 is 15.9 Å². The van der Waals surface area contributed by atoms with E-state index in [9.17, 15) is 9.59 Å². The smallest absolute Gasteiger partial charge is 0.273 e. The Morgan fingerprint density at radius 3 is 2.03 bits per heavy atom. The Hall–Kier alpha value is -2.54. The van der Waals surface area contributed by atoms with Crippen molar-refractivity contribution in [1.82, 2.24) is 10.9 Å². The van der Waals surface area contributed by atoms with Gasteiger partial charge in [0.2, 0.25) is 0 Å². The summed E-state index contributed by atoms with van der Waals surface area (Å²) in [6.07, 6.45) is 1.85. The van der Waals surface area contributed by atoms with Crippen molar-refractivity contribution < 1.29 is 19.1 Å². The molecule has 0 aliphatic heterocycles. The molecule has 0 aliphatic carbocycles. The van der Waals surface area contributed by atoms with E-state index in [1.807, 2.05) is 6.07 Å². The molecule has 2 aromatic carbocycles. The van der Waals surface area contributed by atoms with Gasteiger partial charge in [-0.1, -0.05) is 43.6 Å². The summed E-state index contributed by atoms with van der Waals surface area (Å²) in [6.45, 7) is 9.64. The molecule has 0 saturated heterocycles. The molecular formula is C24H31BrN2O4. The SMILES string of the molecule is CC(C)CCOc1ccc(C(=O)NNC(=O)c2cc(Br)ccc2OCCC(C)C)cc1. The van der Waals surface area contributed by atoms with Crippen molar-refractivity contribution in [3.63, 3.8) is 0 Å². The number of hydrazine groups is 1. The van der Waals surface area contributed by atoms with Crippen molar-refractivity contribution in [3.05, 3.63) is 58.1 Å². The predicted molar refractivity (Wildman–Crippen MR) is 125 cm³/mol. The molecule has 7 heteroatoms. The summed E-state index contributed by atoms with van der Waals surface area (Å²) >= 11 is 3.37. The molecule has 0 unspecified atom stereocenters. The number of hydrogen-bond acceptors (Lipinski definition) is 4. The number of halogens is 1. The quantitative estimate of drug-likeness (QED) is 0.438. The maximum atomic E-state index is 12.6. The van der Waals surface area contributed by atoms with Gasteiger partial charge in [-0.15, -0.1) is 0 Å². The fourth-order valence-electron chi connectivity index (χ4n) is 2.58. The molecule has 0 fully saturated rings. The van der Waals surface area contributed by atoms with E-state index in [1.54, 1.807) is 36.4 Å². The molecule has 2 amide bonds. The Balaban J connectivity index is 1.93. The summed E-state index contributed by atoms with van der Waals surface area (Å²) in [4.78, 5) is 25.0. The van der Waals surface area contributed by atoms with E-state index < -0.39 is 11.8 Å². The second kappa shape index (κ2) is 12.3. The first kappa shape index (κ1) is 24.7. The van der Waals surface area contributed by atoms with Gasteiger partial charge < -0.3 is 9.47 Å². The molecular weight excluding hydrogens is 460 g/mol. The first-order valence-corrected chi connectivity index (χ1v) is 11.3. The third-order valence-electron chi connectivity index (χ3n) is 4.51. The molecule has 0 radical (unpaired) electrons. The van der Waals surface area contributed by atoms with Gasteiger partial charge in [-0.25, -0.2) is 0 Å². The van der Waals surface area contributed by atoms with E-state index in [4.69, 9.17) is 9.47 Å². The van der Waals surface area contributed by atoms with Crippen LogP contribution in [0.25, 0.3) is 0 Å². The normalized spacial score (nSPS) is 10.8. The molecule has 0 aliphatic rings. The van der Waals surface area contributed by atoms with Gasteiger partial charge in [-0.3, -0.25) is 20.4 Å². The molecule has 2 N–H and O–H groups in total. The molecule has 2 aromatic rings. The van der Waals surface area contributed by atoms with Crippen LogP contribution in [0.3, 0.4) is 0 Å². The lowest BCUT2D eigenvalue weighted by atomic mass is 10.1. The minimum absolute atomic E-state index is 0.340. The van der Waals surface area contributed by atoms with Crippen LogP contribution in [0.15, 0.2) is 46.9 Å². The van der Waals surface area contributed by atoms with Crippen LogP contribution in [-0.4, -0.2) is 25.0 Å². The average molecular weight is 491 g/mol. The predicted octanol–water partition coefficient (Wildman–Crippen LogP) is 5.37. The number of nitrogens with one attached hydrogen (secondary N) is 2. The van der Waals surface area contributed by atoms with E-state index in [-0.39, 0.29) is 0 Å². The lowest BCUT2D eigenvalue weighted by molar-refractivity contribution is 0.0844. The van der Waals surface area contributed by atoms with E-state index in [0.717, 1.165) is 17.3 Å². The minimum atomic E-state index is -0.456. The van der Waals surface area contributed by atoms with Crippen molar-refractivity contribution in [2.24, 2.45) is 11.8 Å². The number of ether oxygens (including phenoxy) is 2. The highest BCUT2D eigenvalue weighted by molar-refractivity contribution is 9.10. The van der Waals surface area contributed by atoms with Crippen LogP contribution in [0.1, 0.15) is 61.3 Å². The zero-order valence-corrected chi connectivity index (χ0v) is 20.1. The maximum absolute atomic E-state index is 12.6. The molecule has 31 heavy (non-hydrogen) atoms. The Labute approximate surface area is 192 Å². The van der Waals surface area contributed by atoms with Gasteiger partial charge in [-0.05, 0) is 67.1 Å². The van der Waals surface area contributed by atoms with Gasteiger partial charge in [0, 0.05) is 10.0 Å². The largest absolute Gasteiger partial charge is 0.494 e. The number of carbonyl (C=O) groups excluding carboxylic acids is 2. The van der Waals surface area contributed by atoms with Gasteiger partial charge in [-0.2, -0.15) is 0 Å². The summed E-state index contributed by atoms with van der Waals surface area (Å²) < 4.78 is 12.2. The Morgan fingerprint density at radius 1 is 0.839 bits per heavy atom. The van der Waals surface area contributed by atoms with Crippen LogP contribution in [0.5, 0.6) is 11.5 Å². The Kier molecular flexibility index (Phi) is 9.85. The van der Waals surface area contributed by atoms with Gasteiger partial charge in [0.25, 0.3) is 11.8 Å². The fraction of sp³-hybridized carbons (Fsp3) is 0.417. The molecule has 0 aromatic heterocycles. The summed E-state index contributed by atoms with van der Waals surface area (Å²) in [5.74, 6) is 1.37. The Bertz CT molecular complexity index is 866. The lowest BCUT2D eigenvalue weighted by Crippen LogP contribution is -2.41. The van der Waals surface area contributed by atoms with Crippen LogP contribution in [0.2, 0.25) is 0 Å². The summed E-state index contributed by atoms with van der Waals surface area (Å²) in [5, 5.41) is 0. The van der Waals surface area contributed by atoms with Crippen LogP contribution in [-0.2, 0) is 0 Å². The van der Waals surface area contributed by atoms with Gasteiger partial charge in [0.1, 0.15) is 11.5 Å². The standard InChI is InChI=1S/C24H31BrN2O4/c1-16(2)11-13-30-20-8-5-18(6-9-20)23(28)26-27-24(29)21-15-19(25)7-10-22(21)31-14-12-17(3)4/h5-10,15-17H,11-14H2,1-4H3,(H,26,28)(H,27,29). The molecule has 0 atom stereocenters. The number of benzene rings is 2. The van der Waals surface area contributed by atoms with Crippen molar-refractivity contribution in [1.29, 1.82) is 0 Å². The minimum Gasteiger partial charge on any atom is -0.494 e. The molecule has 0 bridgehead atoms. The van der Waals surface area contributed by atoms with Crippen molar-refractivity contribution in [2.75, 3.05) is 13.2 Å². The highest BCUT2D eigenvalue weighted by Crippen LogP contribution is 2.23. The van der Waals surface area contributed by atoms with Crippen molar-refractivity contribution in [2.45, 2.75) is 40.5 Å². The highest BCUT2D eigenvalue weighted by Gasteiger charge is 2.15. The molecule has 0 heterocycles. The summed E-state index contributed by atoms with van der Waals surface area (Å²) in [6, 6.07) is 12.0. The molecule has 168 valence electrons. The van der Waals surface area contributed by atoms with Crippen LogP contribution in [0.4, 0.5) is 0 Å². The molecule has 6 nitrogen and oxygen atoms in total. The maximum Gasteiger partial charge on any atom is 0.273 e. The number of rotatable bonds is 10. The van der Waals surface area contributed by atoms with Gasteiger partial charge >= 0.3 is 0 Å². The Morgan fingerprint density at radius 2 is 1.42 bits per heavy atom. The molecule has 0 saturated carbocycles. The zero-order chi connectivity index (χ0) is 22.8. The third kappa shape index (κ3) is 8.61. The van der Waals surface area contributed by atoms with E-state index in [0.29, 0.717) is 47.7 Å². The van der Waals surface area contributed by atoms with E-state index in [1.165, 1.54) is 0 Å². The van der Waals surface area contributed by atoms with Crippen LogP contribution < -0.4 is 20.3 Å². The summed E-state index contributed by atoms with van der Waals surface area (Å²) in [5.41, 5.74) is 5.66.